The monoisotopic (exact) mass is 491 g/mol. The number of amides is 1. The summed E-state index contributed by atoms with van der Waals surface area (Å²) in [5.41, 5.74) is 5.45. The summed E-state index contributed by atoms with van der Waals surface area (Å²) in [6.45, 7) is 4.18. The molecule has 3 aromatic heterocycles. The van der Waals surface area contributed by atoms with Crippen LogP contribution in [0.3, 0.4) is 0 Å². The zero-order valence-electron chi connectivity index (χ0n) is 18.3. The summed E-state index contributed by atoms with van der Waals surface area (Å²) in [5, 5.41) is 18.1. The number of hydrogen-bond donors (Lipinski definition) is 1. The third kappa shape index (κ3) is 4.44. The number of nitrogens with one attached hydrogen (secondary N) is 1. The Kier molecular flexibility index (Phi) is 6.01. The second kappa shape index (κ2) is 9.09. The molecule has 2 aromatic carbocycles. The first-order valence-electron chi connectivity index (χ1n) is 10.3. The molecule has 0 spiro atoms. The molecule has 6 nitrogen and oxygen atoms in total. The fraction of sp³-hybridized carbons (Fsp3) is 0.167. The van der Waals surface area contributed by atoms with Crippen LogP contribution in [0, 0.1) is 13.8 Å². The van der Waals surface area contributed by atoms with Crippen LogP contribution in [0.5, 0.6) is 0 Å². The SMILES string of the molecule is Cc1ccc(-c2csc(NC(=O)CSc3nnc(-c4csc5ccccc45)n3C)n2)cc1C. The molecule has 0 atom stereocenters. The Bertz CT molecular complexity index is 1470. The van der Waals surface area contributed by atoms with Crippen LogP contribution in [-0.2, 0) is 11.8 Å². The number of rotatable bonds is 6. The summed E-state index contributed by atoms with van der Waals surface area (Å²) < 4.78 is 3.15. The number of carbonyl (C=O) groups is 1. The average Bonchev–Trinajstić information content (AvgIpc) is 3.53. The highest BCUT2D eigenvalue weighted by molar-refractivity contribution is 7.99. The van der Waals surface area contributed by atoms with E-state index in [1.54, 1.807) is 11.3 Å². The molecule has 0 saturated heterocycles. The van der Waals surface area contributed by atoms with Gasteiger partial charge in [-0.25, -0.2) is 4.98 Å². The number of aryl methyl sites for hydroxylation is 2. The molecule has 1 amide bonds. The lowest BCUT2D eigenvalue weighted by molar-refractivity contribution is -0.113. The molecule has 9 heteroatoms. The maximum Gasteiger partial charge on any atom is 0.236 e. The van der Waals surface area contributed by atoms with Crippen molar-refractivity contribution in [3.63, 3.8) is 0 Å². The van der Waals surface area contributed by atoms with Gasteiger partial charge in [0.25, 0.3) is 0 Å². The number of thiazole rings is 1. The summed E-state index contributed by atoms with van der Waals surface area (Å²) in [5.74, 6) is 0.911. The van der Waals surface area contributed by atoms with Crippen molar-refractivity contribution in [2.75, 3.05) is 11.1 Å². The molecule has 0 aliphatic rings. The molecule has 0 aliphatic carbocycles. The number of thioether (sulfide) groups is 1. The van der Waals surface area contributed by atoms with Gasteiger partial charge in [0.1, 0.15) is 0 Å². The summed E-state index contributed by atoms with van der Waals surface area (Å²) >= 11 is 4.48. The normalized spacial score (nSPS) is 11.2. The van der Waals surface area contributed by atoms with E-state index in [2.05, 4.69) is 70.1 Å². The van der Waals surface area contributed by atoms with Crippen molar-refractivity contribution >= 4 is 55.6 Å². The number of anilines is 1. The van der Waals surface area contributed by atoms with E-state index >= 15 is 0 Å². The molecule has 3 heterocycles. The number of aromatic nitrogens is 4. The molecule has 5 aromatic rings. The minimum atomic E-state index is -0.119. The Balaban J connectivity index is 1.24. The van der Waals surface area contributed by atoms with Gasteiger partial charge in [0.15, 0.2) is 16.1 Å². The molecule has 0 aliphatic heterocycles. The van der Waals surface area contributed by atoms with E-state index in [1.807, 2.05) is 29.1 Å². The molecule has 1 N–H and O–H groups in total. The first kappa shape index (κ1) is 21.8. The lowest BCUT2D eigenvalue weighted by atomic mass is 10.1. The Labute approximate surface area is 203 Å². The van der Waals surface area contributed by atoms with E-state index in [1.165, 1.54) is 38.9 Å². The number of fused-ring (bicyclic) bond motifs is 1. The van der Waals surface area contributed by atoms with Gasteiger partial charge < -0.3 is 9.88 Å². The van der Waals surface area contributed by atoms with Gasteiger partial charge in [-0.3, -0.25) is 4.79 Å². The number of hydrogen-bond acceptors (Lipinski definition) is 7. The highest BCUT2D eigenvalue weighted by Crippen LogP contribution is 2.34. The zero-order valence-corrected chi connectivity index (χ0v) is 20.8. The lowest BCUT2D eigenvalue weighted by Crippen LogP contribution is -2.14. The second-order valence-corrected chi connectivity index (χ2v) is 10.4. The maximum atomic E-state index is 12.5. The molecule has 5 rings (SSSR count). The molecule has 0 radical (unpaired) electrons. The van der Waals surface area contributed by atoms with Crippen molar-refractivity contribution < 1.29 is 4.79 Å². The Morgan fingerprint density at radius 3 is 2.76 bits per heavy atom. The fourth-order valence-electron chi connectivity index (χ4n) is 3.48. The largest absolute Gasteiger partial charge is 0.305 e. The Morgan fingerprint density at radius 1 is 1.06 bits per heavy atom. The van der Waals surface area contributed by atoms with E-state index < -0.39 is 0 Å². The van der Waals surface area contributed by atoms with E-state index in [-0.39, 0.29) is 11.7 Å². The van der Waals surface area contributed by atoms with Gasteiger partial charge in [-0.1, -0.05) is 42.1 Å². The van der Waals surface area contributed by atoms with E-state index in [4.69, 9.17) is 0 Å². The summed E-state index contributed by atoms with van der Waals surface area (Å²) in [6.07, 6.45) is 0. The van der Waals surface area contributed by atoms with Crippen molar-refractivity contribution in [1.29, 1.82) is 0 Å². The molecule has 0 fully saturated rings. The average molecular weight is 492 g/mol. The minimum absolute atomic E-state index is 0.119. The van der Waals surface area contributed by atoms with Gasteiger partial charge in [0.05, 0.1) is 11.4 Å². The van der Waals surface area contributed by atoms with Gasteiger partial charge in [-0.2, -0.15) is 0 Å². The lowest BCUT2D eigenvalue weighted by Gasteiger charge is -2.04. The van der Waals surface area contributed by atoms with Crippen LogP contribution in [0.2, 0.25) is 0 Å². The van der Waals surface area contributed by atoms with Crippen molar-refractivity contribution in [2.24, 2.45) is 7.05 Å². The summed E-state index contributed by atoms with van der Waals surface area (Å²) in [4.78, 5) is 17.1. The van der Waals surface area contributed by atoms with Crippen LogP contribution in [-0.4, -0.2) is 31.4 Å². The second-order valence-electron chi connectivity index (χ2n) is 7.68. The Morgan fingerprint density at radius 2 is 1.91 bits per heavy atom. The van der Waals surface area contributed by atoms with Crippen LogP contribution < -0.4 is 5.32 Å². The van der Waals surface area contributed by atoms with Crippen molar-refractivity contribution in [3.8, 4) is 22.6 Å². The standard InChI is InChI=1S/C24H21N5OS3/c1-14-8-9-16(10-15(14)2)19-12-32-23(25-19)26-21(30)13-33-24-28-27-22(29(24)3)18-11-31-20-7-5-4-6-17(18)20/h4-12H,13H2,1-3H3,(H,25,26,30). The topological polar surface area (TPSA) is 72.7 Å². The molecular formula is C24H21N5OS3. The highest BCUT2D eigenvalue weighted by atomic mass is 32.2. The smallest absolute Gasteiger partial charge is 0.236 e. The fourth-order valence-corrected chi connectivity index (χ4v) is 5.86. The predicted octanol–water partition coefficient (Wildman–Crippen LogP) is 6.17. The van der Waals surface area contributed by atoms with Crippen LogP contribution in [0.4, 0.5) is 5.13 Å². The number of nitrogens with zero attached hydrogens (tertiary/aromatic N) is 4. The first-order valence-corrected chi connectivity index (χ1v) is 13.1. The maximum absolute atomic E-state index is 12.5. The Hall–Kier alpha value is -3.01. The molecular weight excluding hydrogens is 470 g/mol. The predicted molar refractivity (Wildman–Crippen MR) is 138 cm³/mol. The van der Waals surface area contributed by atoms with Gasteiger partial charge >= 0.3 is 0 Å². The summed E-state index contributed by atoms with van der Waals surface area (Å²) in [7, 11) is 1.93. The van der Waals surface area contributed by atoms with Gasteiger partial charge in [0, 0.05) is 39.0 Å². The molecule has 0 saturated carbocycles. The number of carbonyl (C=O) groups excluding carboxylic acids is 1. The van der Waals surface area contributed by atoms with Crippen molar-refractivity contribution in [2.45, 2.75) is 19.0 Å². The first-order chi connectivity index (χ1) is 16.0. The quantitative estimate of drug-likeness (QED) is 0.288. The summed E-state index contributed by atoms with van der Waals surface area (Å²) in [6, 6.07) is 14.5. The van der Waals surface area contributed by atoms with Crippen LogP contribution in [0.1, 0.15) is 11.1 Å². The third-order valence-corrected chi connectivity index (χ3v) is 8.18. The van der Waals surface area contributed by atoms with Gasteiger partial charge in [-0.15, -0.1) is 32.9 Å². The van der Waals surface area contributed by atoms with Crippen LogP contribution in [0.15, 0.2) is 58.4 Å². The van der Waals surface area contributed by atoms with Crippen LogP contribution in [0.25, 0.3) is 32.7 Å². The molecule has 0 unspecified atom stereocenters. The van der Waals surface area contributed by atoms with Gasteiger partial charge in [-0.05, 0) is 37.1 Å². The molecule has 166 valence electrons. The van der Waals surface area contributed by atoms with Gasteiger partial charge in [0.2, 0.25) is 5.91 Å². The van der Waals surface area contributed by atoms with Crippen molar-refractivity contribution in [1.82, 2.24) is 19.7 Å². The molecule has 0 bridgehead atoms. The van der Waals surface area contributed by atoms with E-state index in [0.717, 1.165) is 28.0 Å². The number of thiophene rings is 1. The molecule has 33 heavy (non-hydrogen) atoms. The number of benzene rings is 2. The van der Waals surface area contributed by atoms with Crippen LogP contribution >= 0.6 is 34.4 Å². The van der Waals surface area contributed by atoms with E-state index in [9.17, 15) is 4.79 Å². The highest BCUT2D eigenvalue weighted by Gasteiger charge is 2.16. The minimum Gasteiger partial charge on any atom is -0.305 e. The van der Waals surface area contributed by atoms with Crippen molar-refractivity contribution in [3.05, 3.63) is 64.4 Å². The third-order valence-electron chi connectivity index (χ3n) is 5.44. The van der Waals surface area contributed by atoms with E-state index in [0.29, 0.717) is 10.3 Å². The zero-order chi connectivity index (χ0) is 22.9.